The van der Waals surface area contributed by atoms with Crippen LogP contribution in [0.1, 0.15) is 31.7 Å². The molecule has 0 unspecified atom stereocenters. The van der Waals surface area contributed by atoms with E-state index in [-0.39, 0.29) is 11.8 Å². The Hall–Kier alpha value is -1.23. The molecule has 4 nitrogen and oxygen atoms in total. The molecule has 2 aliphatic rings. The van der Waals surface area contributed by atoms with Gasteiger partial charge in [-0.3, -0.25) is 4.79 Å². The van der Waals surface area contributed by atoms with Gasteiger partial charge in [-0.2, -0.15) is 0 Å². The maximum absolute atomic E-state index is 12.2. The van der Waals surface area contributed by atoms with Crippen molar-refractivity contribution in [2.45, 2.75) is 33.1 Å². The zero-order chi connectivity index (χ0) is 13.4. The molecule has 102 valence electrons. The maximum atomic E-state index is 12.2. The summed E-state index contributed by atoms with van der Waals surface area (Å²) in [6.07, 6.45) is 7.50. The number of carbonyl (C=O) groups is 1. The fraction of sp³-hybridized carbons (Fsp3) is 0.643. The number of hydrogen-bond donors (Lipinski definition) is 1. The number of fused-ring (bicyclic) bond motifs is 2. The number of carbonyl (C=O) groups excluding carboxylic acids is 1. The molecule has 0 saturated heterocycles. The molecule has 1 amide bonds. The molecule has 0 aliphatic heterocycles. The first-order chi connectivity index (χ1) is 9.11. The van der Waals surface area contributed by atoms with Gasteiger partial charge in [0.1, 0.15) is 5.01 Å². The van der Waals surface area contributed by atoms with E-state index < -0.39 is 0 Å². The van der Waals surface area contributed by atoms with E-state index in [2.05, 4.69) is 41.5 Å². The van der Waals surface area contributed by atoms with Crippen LogP contribution in [0.15, 0.2) is 12.2 Å². The van der Waals surface area contributed by atoms with Crippen LogP contribution in [0.5, 0.6) is 0 Å². The lowest BCUT2D eigenvalue weighted by atomic mass is 9.93. The molecule has 1 aromatic rings. The molecular formula is C14H19N3OS. The predicted molar refractivity (Wildman–Crippen MR) is 75.9 cm³/mol. The van der Waals surface area contributed by atoms with E-state index >= 15 is 0 Å². The van der Waals surface area contributed by atoms with Crippen molar-refractivity contribution in [2.75, 3.05) is 5.32 Å². The number of aromatic nitrogens is 2. The number of nitrogens with zero attached hydrogens (tertiary/aromatic N) is 2. The first-order valence-electron chi connectivity index (χ1n) is 6.93. The van der Waals surface area contributed by atoms with Crippen molar-refractivity contribution >= 4 is 22.4 Å². The van der Waals surface area contributed by atoms with Crippen LogP contribution in [0.3, 0.4) is 0 Å². The molecule has 1 fully saturated rings. The van der Waals surface area contributed by atoms with Crippen molar-refractivity contribution < 1.29 is 4.79 Å². The minimum absolute atomic E-state index is 0.115. The van der Waals surface area contributed by atoms with Crippen LogP contribution in [0.4, 0.5) is 5.13 Å². The van der Waals surface area contributed by atoms with E-state index in [1.54, 1.807) is 0 Å². The maximum Gasteiger partial charge on any atom is 0.229 e. The number of nitrogens with one attached hydrogen (secondary N) is 1. The first-order valence-corrected chi connectivity index (χ1v) is 7.75. The van der Waals surface area contributed by atoms with Gasteiger partial charge in [-0.25, -0.2) is 0 Å². The lowest BCUT2D eigenvalue weighted by Crippen LogP contribution is -2.25. The molecule has 1 N–H and O–H groups in total. The molecule has 19 heavy (non-hydrogen) atoms. The molecule has 0 spiro atoms. The summed E-state index contributed by atoms with van der Waals surface area (Å²) in [4.78, 5) is 12.2. The van der Waals surface area contributed by atoms with Crippen LogP contribution < -0.4 is 5.32 Å². The summed E-state index contributed by atoms with van der Waals surface area (Å²) in [6, 6.07) is 0. The van der Waals surface area contributed by atoms with Crippen molar-refractivity contribution in [3.8, 4) is 0 Å². The molecule has 3 rings (SSSR count). The third-order valence-corrected chi connectivity index (χ3v) is 4.76. The van der Waals surface area contributed by atoms with Gasteiger partial charge in [0.05, 0.1) is 0 Å². The Labute approximate surface area is 117 Å². The average molecular weight is 277 g/mol. The summed E-state index contributed by atoms with van der Waals surface area (Å²) >= 11 is 1.50. The number of rotatable bonds is 4. The monoisotopic (exact) mass is 277 g/mol. The first kappa shape index (κ1) is 12.8. The highest BCUT2D eigenvalue weighted by Crippen LogP contribution is 2.43. The predicted octanol–water partition coefficient (Wildman–Crippen LogP) is 2.89. The fourth-order valence-electron chi connectivity index (χ4n) is 3.02. The third kappa shape index (κ3) is 2.71. The fourth-order valence-corrected chi connectivity index (χ4v) is 3.97. The molecule has 1 saturated carbocycles. The minimum Gasteiger partial charge on any atom is -0.300 e. The summed E-state index contributed by atoms with van der Waals surface area (Å²) in [6.45, 7) is 4.31. The van der Waals surface area contributed by atoms with E-state index in [9.17, 15) is 4.79 Å². The number of hydrogen-bond acceptors (Lipinski definition) is 4. The summed E-state index contributed by atoms with van der Waals surface area (Å²) < 4.78 is 0. The van der Waals surface area contributed by atoms with Crippen molar-refractivity contribution in [3.63, 3.8) is 0 Å². The number of anilines is 1. The molecular weight excluding hydrogens is 258 g/mol. The van der Waals surface area contributed by atoms with Gasteiger partial charge in [-0.15, -0.1) is 10.2 Å². The highest BCUT2D eigenvalue weighted by atomic mass is 32.1. The second-order valence-electron chi connectivity index (χ2n) is 5.97. The second kappa shape index (κ2) is 5.04. The standard InChI is InChI=1S/C14H19N3OS/c1-8(2)5-12-16-17-14(19-12)15-13(18)11-7-9-3-4-10(11)6-9/h3-4,8-11H,5-7H2,1-2H3,(H,15,17,18)/t9-,10-,11-/m0/s1. The Balaban J connectivity index is 1.60. The summed E-state index contributed by atoms with van der Waals surface area (Å²) in [7, 11) is 0. The minimum atomic E-state index is 0.115. The van der Waals surface area contributed by atoms with Crippen LogP contribution in [-0.2, 0) is 11.2 Å². The van der Waals surface area contributed by atoms with Crippen molar-refractivity contribution in [1.29, 1.82) is 0 Å². The van der Waals surface area contributed by atoms with E-state index in [1.807, 2.05) is 0 Å². The molecule has 0 radical (unpaired) electrons. The van der Waals surface area contributed by atoms with Crippen LogP contribution >= 0.6 is 11.3 Å². The third-order valence-electron chi connectivity index (χ3n) is 3.90. The molecule has 2 aliphatic carbocycles. The van der Waals surface area contributed by atoms with Gasteiger partial charge in [-0.05, 0) is 30.6 Å². The largest absolute Gasteiger partial charge is 0.300 e. The van der Waals surface area contributed by atoms with Gasteiger partial charge < -0.3 is 5.32 Å². The SMILES string of the molecule is CC(C)Cc1nnc(NC(=O)[C@H]2C[C@H]3C=C[C@H]2C3)s1. The molecule has 5 heteroatoms. The van der Waals surface area contributed by atoms with Crippen LogP contribution in [-0.4, -0.2) is 16.1 Å². The van der Waals surface area contributed by atoms with Gasteiger partial charge in [-0.1, -0.05) is 37.3 Å². The van der Waals surface area contributed by atoms with Gasteiger partial charge in [0.2, 0.25) is 11.0 Å². The van der Waals surface area contributed by atoms with Gasteiger partial charge in [0.15, 0.2) is 0 Å². The smallest absolute Gasteiger partial charge is 0.229 e. The highest BCUT2D eigenvalue weighted by molar-refractivity contribution is 7.15. The Kier molecular flexibility index (Phi) is 3.39. The lowest BCUT2D eigenvalue weighted by Gasteiger charge is -2.16. The van der Waals surface area contributed by atoms with E-state index in [0.29, 0.717) is 22.9 Å². The van der Waals surface area contributed by atoms with Gasteiger partial charge >= 0.3 is 0 Å². The topological polar surface area (TPSA) is 54.9 Å². The summed E-state index contributed by atoms with van der Waals surface area (Å²) in [5.41, 5.74) is 0. The van der Waals surface area contributed by atoms with Crippen LogP contribution in [0.25, 0.3) is 0 Å². The molecule has 1 heterocycles. The van der Waals surface area contributed by atoms with Crippen molar-refractivity contribution in [3.05, 3.63) is 17.2 Å². The van der Waals surface area contributed by atoms with Crippen LogP contribution in [0.2, 0.25) is 0 Å². The molecule has 0 aromatic carbocycles. The Bertz CT molecular complexity index is 509. The second-order valence-corrected chi connectivity index (χ2v) is 7.04. The van der Waals surface area contributed by atoms with E-state index in [0.717, 1.165) is 24.3 Å². The van der Waals surface area contributed by atoms with Crippen molar-refractivity contribution in [1.82, 2.24) is 10.2 Å². The van der Waals surface area contributed by atoms with E-state index in [4.69, 9.17) is 0 Å². The number of allylic oxidation sites excluding steroid dienone is 2. The number of amides is 1. The normalized spacial score (nSPS) is 28.3. The highest BCUT2D eigenvalue weighted by Gasteiger charge is 2.39. The Morgan fingerprint density at radius 3 is 2.89 bits per heavy atom. The summed E-state index contributed by atoms with van der Waals surface area (Å²) in [5.74, 6) is 1.86. The van der Waals surface area contributed by atoms with Crippen LogP contribution in [0, 0.1) is 23.7 Å². The van der Waals surface area contributed by atoms with Crippen molar-refractivity contribution in [2.24, 2.45) is 23.7 Å². The van der Waals surface area contributed by atoms with Gasteiger partial charge in [0, 0.05) is 12.3 Å². The zero-order valence-electron chi connectivity index (χ0n) is 11.3. The summed E-state index contributed by atoms with van der Waals surface area (Å²) in [5, 5.41) is 12.8. The molecule has 2 bridgehead atoms. The molecule has 1 aromatic heterocycles. The quantitative estimate of drug-likeness (QED) is 0.861. The lowest BCUT2D eigenvalue weighted by molar-refractivity contribution is -0.120. The Morgan fingerprint density at radius 1 is 1.42 bits per heavy atom. The zero-order valence-corrected chi connectivity index (χ0v) is 12.1. The van der Waals surface area contributed by atoms with E-state index in [1.165, 1.54) is 11.3 Å². The van der Waals surface area contributed by atoms with Gasteiger partial charge in [0.25, 0.3) is 0 Å². The molecule has 3 atom stereocenters. The Morgan fingerprint density at radius 2 is 2.26 bits per heavy atom. The average Bonchev–Trinajstić information content (AvgIpc) is 3.04.